The van der Waals surface area contributed by atoms with Crippen LogP contribution in [0.3, 0.4) is 0 Å². The average Bonchev–Trinajstić information content (AvgIpc) is 2.88. The SMILES string of the molecule is NC(c1ccc2c(c1)CCC2)c1cc(F)ccc1Br. The lowest BCUT2D eigenvalue weighted by Crippen LogP contribution is -2.13. The number of fused-ring (bicyclic) bond motifs is 1. The summed E-state index contributed by atoms with van der Waals surface area (Å²) < 4.78 is 14.2. The zero-order valence-corrected chi connectivity index (χ0v) is 12.1. The average molecular weight is 320 g/mol. The zero-order valence-electron chi connectivity index (χ0n) is 10.5. The van der Waals surface area contributed by atoms with Crippen LogP contribution in [-0.4, -0.2) is 0 Å². The van der Waals surface area contributed by atoms with Crippen molar-refractivity contribution in [1.29, 1.82) is 0 Å². The first-order chi connectivity index (χ1) is 9.15. The molecule has 0 bridgehead atoms. The maximum atomic E-state index is 13.4. The van der Waals surface area contributed by atoms with Crippen LogP contribution in [0.2, 0.25) is 0 Å². The molecule has 2 N–H and O–H groups in total. The van der Waals surface area contributed by atoms with Crippen LogP contribution in [0.5, 0.6) is 0 Å². The van der Waals surface area contributed by atoms with E-state index in [9.17, 15) is 4.39 Å². The van der Waals surface area contributed by atoms with E-state index in [2.05, 4.69) is 34.1 Å². The first-order valence-electron chi connectivity index (χ1n) is 6.47. The Labute approximate surface area is 120 Å². The summed E-state index contributed by atoms with van der Waals surface area (Å²) in [6, 6.07) is 10.7. The second-order valence-corrected chi connectivity index (χ2v) is 5.88. The van der Waals surface area contributed by atoms with Gasteiger partial charge in [-0.15, -0.1) is 0 Å². The minimum absolute atomic E-state index is 0.255. The number of benzene rings is 2. The quantitative estimate of drug-likeness (QED) is 0.885. The molecule has 98 valence electrons. The van der Waals surface area contributed by atoms with Crippen molar-refractivity contribution in [1.82, 2.24) is 0 Å². The highest BCUT2D eigenvalue weighted by atomic mass is 79.9. The third-order valence-corrected chi connectivity index (χ3v) is 4.50. The second-order valence-electron chi connectivity index (χ2n) is 5.03. The topological polar surface area (TPSA) is 26.0 Å². The van der Waals surface area contributed by atoms with Gasteiger partial charge in [0.25, 0.3) is 0 Å². The zero-order chi connectivity index (χ0) is 13.4. The third kappa shape index (κ3) is 2.45. The van der Waals surface area contributed by atoms with Crippen molar-refractivity contribution in [3.63, 3.8) is 0 Å². The summed E-state index contributed by atoms with van der Waals surface area (Å²) in [4.78, 5) is 0. The standard InChI is InChI=1S/C16H15BrFN/c17-15-7-6-13(18)9-14(15)16(19)12-5-4-10-2-1-3-11(10)8-12/h4-9,16H,1-3,19H2. The van der Waals surface area contributed by atoms with Crippen LogP contribution in [-0.2, 0) is 12.8 Å². The summed E-state index contributed by atoms with van der Waals surface area (Å²) in [7, 11) is 0. The van der Waals surface area contributed by atoms with Crippen molar-refractivity contribution in [2.45, 2.75) is 25.3 Å². The lowest BCUT2D eigenvalue weighted by atomic mass is 9.96. The molecule has 0 fully saturated rings. The first-order valence-corrected chi connectivity index (χ1v) is 7.26. The molecule has 1 nitrogen and oxygen atoms in total. The number of aryl methyl sites for hydroxylation is 2. The summed E-state index contributed by atoms with van der Waals surface area (Å²) in [5.74, 6) is -0.255. The minimum Gasteiger partial charge on any atom is -0.320 e. The number of hydrogen-bond acceptors (Lipinski definition) is 1. The molecule has 0 saturated carbocycles. The van der Waals surface area contributed by atoms with Gasteiger partial charge in [0.05, 0.1) is 6.04 Å². The third-order valence-electron chi connectivity index (χ3n) is 3.77. The van der Waals surface area contributed by atoms with E-state index in [4.69, 9.17) is 5.73 Å². The number of rotatable bonds is 2. The predicted octanol–water partition coefficient (Wildman–Crippen LogP) is 4.13. The lowest BCUT2D eigenvalue weighted by molar-refractivity contribution is 0.623. The number of nitrogens with two attached hydrogens (primary N) is 1. The molecule has 0 aromatic heterocycles. The smallest absolute Gasteiger partial charge is 0.123 e. The van der Waals surface area contributed by atoms with Gasteiger partial charge in [0.2, 0.25) is 0 Å². The van der Waals surface area contributed by atoms with E-state index in [0.29, 0.717) is 0 Å². The normalized spacial score (nSPS) is 15.3. The Balaban J connectivity index is 1.99. The maximum absolute atomic E-state index is 13.4. The number of hydrogen-bond donors (Lipinski definition) is 1. The monoisotopic (exact) mass is 319 g/mol. The fourth-order valence-electron chi connectivity index (χ4n) is 2.72. The molecule has 1 unspecified atom stereocenters. The van der Waals surface area contributed by atoms with Crippen LogP contribution in [0.15, 0.2) is 40.9 Å². The van der Waals surface area contributed by atoms with Gasteiger partial charge < -0.3 is 5.73 Å². The van der Waals surface area contributed by atoms with Crippen molar-refractivity contribution in [2.24, 2.45) is 5.73 Å². The Kier molecular flexibility index (Phi) is 3.42. The first kappa shape index (κ1) is 12.8. The fourth-order valence-corrected chi connectivity index (χ4v) is 3.21. The van der Waals surface area contributed by atoms with E-state index in [1.807, 2.05) is 0 Å². The van der Waals surface area contributed by atoms with Gasteiger partial charge in [-0.3, -0.25) is 0 Å². The van der Waals surface area contributed by atoms with E-state index in [0.717, 1.165) is 28.4 Å². The summed E-state index contributed by atoms with van der Waals surface area (Å²) in [5, 5.41) is 0. The van der Waals surface area contributed by atoms with Crippen molar-refractivity contribution in [3.05, 3.63) is 68.9 Å². The molecule has 3 heteroatoms. The van der Waals surface area contributed by atoms with Crippen molar-refractivity contribution in [3.8, 4) is 0 Å². The molecular formula is C16H15BrFN. The molecule has 1 atom stereocenters. The molecule has 0 spiro atoms. The minimum atomic E-state index is -0.295. The van der Waals surface area contributed by atoms with Gasteiger partial charge >= 0.3 is 0 Å². The van der Waals surface area contributed by atoms with Crippen LogP contribution >= 0.6 is 15.9 Å². The van der Waals surface area contributed by atoms with Crippen molar-refractivity contribution >= 4 is 15.9 Å². The molecule has 1 aliphatic rings. The Morgan fingerprint density at radius 3 is 2.68 bits per heavy atom. The number of halogens is 2. The van der Waals surface area contributed by atoms with E-state index in [-0.39, 0.29) is 11.9 Å². The van der Waals surface area contributed by atoms with Crippen molar-refractivity contribution < 1.29 is 4.39 Å². The highest BCUT2D eigenvalue weighted by Gasteiger charge is 2.17. The Hall–Kier alpha value is -1.19. The fraction of sp³-hybridized carbons (Fsp3) is 0.250. The maximum Gasteiger partial charge on any atom is 0.123 e. The molecule has 1 aliphatic carbocycles. The molecule has 0 radical (unpaired) electrons. The molecule has 0 heterocycles. The second kappa shape index (κ2) is 5.06. The van der Waals surface area contributed by atoms with Gasteiger partial charge in [-0.1, -0.05) is 34.1 Å². The predicted molar refractivity (Wildman–Crippen MR) is 78.6 cm³/mol. The van der Waals surface area contributed by atoms with E-state index in [1.54, 1.807) is 6.07 Å². The van der Waals surface area contributed by atoms with Crippen LogP contribution < -0.4 is 5.73 Å². The highest BCUT2D eigenvalue weighted by molar-refractivity contribution is 9.10. The lowest BCUT2D eigenvalue weighted by Gasteiger charge is -2.16. The van der Waals surface area contributed by atoms with Gasteiger partial charge in [-0.25, -0.2) is 4.39 Å². The Morgan fingerprint density at radius 1 is 1.05 bits per heavy atom. The molecule has 2 aromatic rings. The molecular weight excluding hydrogens is 305 g/mol. The largest absolute Gasteiger partial charge is 0.320 e. The van der Waals surface area contributed by atoms with Crippen LogP contribution in [0, 0.1) is 5.82 Å². The molecule has 19 heavy (non-hydrogen) atoms. The molecule has 0 aliphatic heterocycles. The molecule has 2 aromatic carbocycles. The summed E-state index contributed by atoms with van der Waals surface area (Å²) in [6.07, 6.45) is 3.51. The Bertz CT molecular complexity index is 624. The van der Waals surface area contributed by atoms with Gasteiger partial charge in [-0.2, -0.15) is 0 Å². The van der Waals surface area contributed by atoms with Crippen LogP contribution in [0.4, 0.5) is 4.39 Å². The van der Waals surface area contributed by atoms with E-state index >= 15 is 0 Å². The molecule has 0 saturated heterocycles. The van der Waals surface area contributed by atoms with Gasteiger partial charge in [-0.05, 0) is 59.7 Å². The van der Waals surface area contributed by atoms with Gasteiger partial charge in [0, 0.05) is 4.47 Å². The van der Waals surface area contributed by atoms with E-state index < -0.39 is 0 Å². The van der Waals surface area contributed by atoms with Crippen LogP contribution in [0.25, 0.3) is 0 Å². The molecule has 3 rings (SSSR count). The highest BCUT2D eigenvalue weighted by Crippen LogP contribution is 2.30. The van der Waals surface area contributed by atoms with Gasteiger partial charge in [0.15, 0.2) is 0 Å². The Morgan fingerprint density at radius 2 is 1.84 bits per heavy atom. The van der Waals surface area contributed by atoms with Gasteiger partial charge in [0.1, 0.15) is 5.82 Å². The summed E-state index contributed by atoms with van der Waals surface area (Å²) in [6.45, 7) is 0. The van der Waals surface area contributed by atoms with E-state index in [1.165, 1.54) is 29.7 Å². The van der Waals surface area contributed by atoms with Crippen LogP contribution in [0.1, 0.15) is 34.7 Å². The summed E-state index contributed by atoms with van der Waals surface area (Å²) >= 11 is 3.44. The summed E-state index contributed by atoms with van der Waals surface area (Å²) in [5.41, 5.74) is 10.9. The van der Waals surface area contributed by atoms with Crippen molar-refractivity contribution in [2.75, 3.05) is 0 Å². The molecule has 0 amide bonds.